The second kappa shape index (κ2) is 13.4. The average molecular weight is 748 g/mol. The summed E-state index contributed by atoms with van der Waals surface area (Å²) in [5.41, 5.74) is 13.5. The molecule has 0 spiro atoms. The van der Waals surface area contributed by atoms with Crippen molar-refractivity contribution in [3.63, 3.8) is 0 Å². The molecule has 1 heterocycles. The number of hydrogen-bond donors (Lipinski definition) is 0. The summed E-state index contributed by atoms with van der Waals surface area (Å²) < 4.78 is 2.54. The third kappa shape index (κ3) is 5.18. The summed E-state index contributed by atoms with van der Waals surface area (Å²) in [5, 5.41) is 12.5. The van der Waals surface area contributed by atoms with Crippen LogP contribution in [0.2, 0.25) is 0 Å². The van der Waals surface area contributed by atoms with E-state index in [1.807, 2.05) is 0 Å². The highest BCUT2D eigenvalue weighted by Crippen LogP contribution is 2.47. The average Bonchev–Trinajstić information content (AvgIpc) is 3.65. The molecule has 0 bridgehead atoms. The van der Waals surface area contributed by atoms with E-state index >= 15 is 0 Å². The Hall–Kier alpha value is -7.74. The summed E-state index contributed by atoms with van der Waals surface area (Å²) in [6.45, 7) is 0. The number of benzene rings is 11. The molecule has 0 radical (unpaired) electrons. The molecule has 11 aromatic carbocycles. The van der Waals surface area contributed by atoms with Crippen LogP contribution in [0.5, 0.6) is 0 Å². The zero-order chi connectivity index (χ0) is 38.9. The minimum Gasteiger partial charge on any atom is -0.308 e. The van der Waals surface area contributed by atoms with Crippen molar-refractivity contribution >= 4 is 64.9 Å². The second-order valence-electron chi connectivity index (χ2n) is 15.6. The molecule has 0 aliphatic carbocycles. The van der Waals surface area contributed by atoms with Crippen molar-refractivity contribution in [3.8, 4) is 50.2 Å². The second-order valence-corrected chi connectivity index (χ2v) is 15.6. The van der Waals surface area contributed by atoms with Gasteiger partial charge in [-0.05, 0) is 101 Å². The summed E-state index contributed by atoms with van der Waals surface area (Å²) in [5.74, 6) is 0. The third-order valence-electron chi connectivity index (χ3n) is 12.3. The Bertz CT molecular complexity index is 3370. The van der Waals surface area contributed by atoms with E-state index in [4.69, 9.17) is 0 Å². The topological polar surface area (TPSA) is 4.93 Å². The predicted molar refractivity (Wildman–Crippen MR) is 253 cm³/mol. The Labute approximate surface area is 342 Å². The first-order valence-corrected chi connectivity index (χ1v) is 20.4. The van der Waals surface area contributed by atoms with Gasteiger partial charge in [0.05, 0.1) is 11.0 Å². The van der Waals surface area contributed by atoms with E-state index in [9.17, 15) is 0 Å². The molecule has 0 saturated heterocycles. The van der Waals surface area contributed by atoms with Crippen molar-refractivity contribution < 1.29 is 0 Å². The highest BCUT2D eigenvalue weighted by molar-refractivity contribution is 6.28. The van der Waals surface area contributed by atoms with E-state index in [-0.39, 0.29) is 0 Å². The van der Waals surface area contributed by atoms with Crippen LogP contribution in [0.4, 0.5) is 0 Å². The van der Waals surface area contributed by atoms with E-state index in [1.54, 1.807) is 0 Å². The molecule has 0 N–H and O–H groups in total. The van der Waals surface area contributed by atoms with E-state index in [2.05, 4.69) is 229 Å². The minimum absolute atomic E-state index is 1.14. The van der Waals surface area contributed by atoms with Crippen LogP contribution in [0.25, 0.3) is 115 Å². The number of rotatable bonds is 5. The van der Waals surface area contributed by atoms with E-state index < -0.39 is 0 Å². The van der Waals surface area contributed by atoms with Crippen molar-refractivity contribution in [3.05, 3.63) is 224 Å². The molecule has 12 aromatic rings. The van der Waals surface area contributed by atoms with Crippen LogP contribution in [0.3, 0.4) is 0 Å². The molecule has 0 aliphatic rings. The number of hydrogen-bond acceptors (Lipinski definition) is 0. The first kappa shape index (κ1) is 33.4. The molecule has 0 aliphatic heterocycles. The van der Waals surface area contributed by atoms with Crippen LogP contribution < -0.4 is 0 Å². The fourth-order valence-electron chi connectivity index (χ4n) is 9.83. The number of aromatic nitrogens is 1. The summed E-state index contributed by atoms with van der Waals surface area (Å²) >= 11 is 0. The van der Waals surface area contributed by atoms with Crippen molar-refractivity contribution in [2.45, 2.75) is 0 Å². The van der Waals surface area contributed by atoms with Gasteiger partial charge in [-0.25, -0.2) is 0 Å². The first-order valence-electron chi connectivity index (χ1n) is 20.4. The monoisotopic (exact) mass is 747 g/mol. The van der Waals surface area contributed by atoms with Gasteiger partial charge < -0.3 is 4.57 Å². The number of nitrogens with zero attached hydrogens (tertiary/aromatic N) is 1. The molecule has 1 heteroatoms. The van der Waals surface area contributed by atoms with Crippen molar-refractivity contribution in [1.29, 1.82) is 0 Å². The van der Waals surface area contributed by atoms with E-state index in [0.29, 0.717) is 0 Å². The lowest BCUT2D eigenvalue weighted by Gasteiger charge is -2.18. The van der Waals surface area contributed by atoms with Crippen LogP contribution in [0.1, 0.15) is 0 Å². The quantitative estimate of drug-likeness (QED) is 0.155. The highest BCUT2D eigenvalue weighted by Gasteiger charge is 2.22. The maximum atomic E-state index is 2.54. The molecule has 12 rings (SSSR count). The Morgan fingerprint density at radius 3 is 0.915 bits per heavy atom. The van der Waals surface area contributed by atoms with Gasteiger partial charge in [0, 0.05) is 27.2 Å². The molecule has 0 saturated carbocycles. The van der Waals surface area contributed by atoms with Gasteiger partial charge in [0.2, 0.25) is 0 Å². The SMILES string of the molecule is c1ccc(-c2c3ccccc3c(-c3ccc(-n4c5c6ccccc6c(-c6ccccc6)cc5c5cc(-c6ccccc6)c6ccccc6c54)cc3)c3ccccc23)cc1. The lowest BCUT2D eigenvalue weighted by Crippen LogP contribution is -1.97. The van der Waals surface area contributed by atoms with Gasteiger partial charge in [-0.15, -0.1) is 0 Å². The fourth-order valence-corrected chi connectivity index (χ4v) is 9.83. The molecular weight excluding hydrogens is 711 g/mol. The van der Waals surface area contributed by atoms with Crippen molar-refractivity contribution in [2.24, 2.45) is 0 Å². The Balaban J connectivity index is 1.17. The van der Waals surface area contributed by atoms with Gasteiger partial charge in [0.15, 0.2) is 0 Å². The summed E-state index contributed by atoms with van der Waals surface area (Å²) in [4.78, 5) is 0. The fraction of sp³-hybridized carbons (Fsp3) is 0. The summed E-state index contributed by atoms with van der Waals surface area (Å²) in [6.07, 6.45) is 0. The van der Waals surface area contributed by atoms with Crippen molar-refractivity contribution in [1.82, 2.24) is 4.57 Å². The lowest BCUT2D eigenvalue weighted by molar-refractivity contribution is 1.19. The van der Waals surface area contributed by atoms with Gasteiger partial charge in [0.1, 0.15) is 0 Å². The molecule has 59 heavy (non-hydrogen) atoms. The minimum atomic E-state index is 1.14. The van der Waals surface area contributed by atoms with Gasteiger partial charge in [-0.1, -0.05) is 200 Å². The molecule has 0 amide bonds. The zero-order valence-corrected chi connectivity index (χ0v) is 32.3. The van der Waals surface area contributed by atoms with Crippen LogP contribution >= 0.6 is 0 Å². The lowest BCUT2D eigenvalue weighted by atomic mass is 9.86. The Morgan fingerprint density at radius 2 is 0.525 bits per heavy atom. The molecule has 1 nitrogen and oxygen atoms in total. The van der Waals surface area contributed by atoms with Gasteiger partial charge in [0.25, 0.3) is 0 Å². The van der Waals surface area contributed by atoms with Crippen LogP contribution in [-0.4, -0.2) is 4.57 Å². The van der Waals surface area contributed by atoms with Crippen LogP contribution in [0.15, 0.2) is 224 Å². The van der Waals surface area contributed by atoms with Gasteiger partial charge in [-0.2, -0.15) is 0 Å². The van der Waals surface area contributed by atoms with Crippen molar-refractivity contribution in [2.75, 3.05) is 0 Å². The zero-order valence-electron chi connectivity index (χ0n) is 32.3. The molecular formula is C58H37N. The first-order chi connectivity index (χ1) is 29.3. The third-order valence-corrected chi connectivity index (χ3v) is 12.3. The van der Waals surface area contributed by atoms with E-state index in [1.165, 1.54) is 109 Å². The Morgan fingerprint density at radius 1 is 0.220 bits per heavy atom. The number of fused-ring (bicyclic) bond motifs is 9. The summed E-state index contributed by atoms with van der Waals surface area (Å²) in [7, 11) is 0. The Kier molecular flexibility index (Phi) is 7.61. The normalized spacial score (nSPS) is 11.7. The molecule has 1 aromatic heterocycles. The largest absolute Gasteiger partial charge is 0.308 e. The van der Waals surface area contributed by atoms with Gasteiger partial charge >= 0.3 is 0 Å². The van der Waals surface area contributed by atoms with E-state index in [0.717, 1.165) is 5.69 Å². The maximum absolute atomic E-state index is 2.54. The van der Waals surface area contributed by atoms with Crippen LogP contribution in [-0.2, 0) is 0 Å². The maximum Gasteiger partial charge on any atom is 0.0620 e. The standard InChI is InChI=1S/C58H37N/c1-4-18-38(19-5-1)51-36-53-54-37-52(39-20-6-2-7-21-39)44-25-11-17-31-50(44)58(54)59(57(53)49-30-16-10-24-43(49)51)42-34-32-41(33-35-42)56-47-28-14-12-26-45(47)55(40-22-8-3-9-23-40)46-27-13-15-29-48(46)56/h1-37H. The predicted octanol–water partition coefficient (Wildman–Crippen LogP) is 16.1. The van der Waals surface area contributed by atoms with Gasteiger partial charge in [-0.3, -0.25) is 0 Å². The smallest absolute Gasteiger partial charge is 0.0620 e. The van der Waals surface area contributed by atoms with Crippen LogP contribution in [0, 0.1) is 0 Å². The molecule has 274 valence electrons. The molecule has 0 unspecified atom stereocenters. The molecule has 0 fully saturated rings. The highest BCUT2D eigenvalue weighted by atomic mass is 15.0. The molecule has 0 atom stereocenters. The summed E-state index contributed by atoms with van der Waals surface area (Å²) in [6, 6.07) is 82.4.